The lowest BCUT2D eigenvalue weighted by Gasteiger charge is -2.22. The van der Waals surface area contributed by atoms with E-state index in [-0.39, 0.29) is 7.43 Å². The normalized spacial score (nSPS) is 14.1. The predicted octanol–water partition coefficient (Wildman–Crippen LogP) is 5.86. The van der Waals surface area contributed by atoms with E-state index in [1.165, 1.54) is 33.0 Å². The molecule has 0 fully saturated rings. The fourth-order valence-corrected chi connectivity index (χ4v) is 2.96. The third-order valence-electron chi connectivity index (χ3n) is 3.69. The predicted molar refractivity (Wildman–Crippen MR) is 87.4 cm³/mol. The first kappa shape index (κ1) is 13.6. The molecule has 2 aliphatic carbocycles. The van der Waals surface area contributed by atoms with Crippen LogP contribution in [0.25, 0.3) is 22.4 Å². The summed E-state index contributed by atoms with van der Waals surface area (Å²) in [5.41, 5.74) is 5.87. The van der Waals surface area contributed by atoms with E-state index >= 15 is 0 Å². The van der Waals surface area contributed by atoms with Gasteiger partial charge in [0.15, 0.2) is 0 Å². The minimum Gasteiger partial charge on any atom is -0.0795 e. The van der Waals surface area contributed by atoms with Gasteiger partial charge in [-0.2, -0.15) is 0 Å². The van der Waals surface area contributed by atoms with Crippen LogP contribution < -0.4 is 0 Å². The highest BCUT2D eigenvalue weighted by atomic mass is 14.2. The van der Waals surface area contributed by atoms with Crippen molar-refractivity contribution in [3.8, 4) is 0 Å². The Kier molecular flexibility index (Phi) is 3.90. The molecule has 19 heavy (non-hydrogen) atoms. The van der Waals surface area contributed by atoms with E-state index in [1.54, 1.807) is 0 Å². The highest BCUT2D eigenvalue weighted by Gasteiger charge is 2.18. The van der Waals surface area contributed by atoms with Crippen LogP contribution in [0.5, 0.6) is 0 Å². The zero-order valence-corrected chi connectivity index (χ0v) is 11.0. The van der Waals surface area contributed by atoms with Crippen LogP contribution >= 0.6 is 0 Å². The van der Waals surface area contributed by atoms with Crippen molar-refractivity contribution in [3.63, 3.8) is 0 Å². The van der Waals surface area contributed by atoms with E-state index in [1.807, 2.05) is 13.8 Å². The zero-order valence-electron chi connectivity index (χ0n) is 11.0. The van der Waals surface area contributed by atoms with Gasteiger partial charge in [0, 0.05) is 0 Å². The first-order valence-electron chi connectivity index (χ1n) is 6.84. The molecule has 0 aliphatic heterocycles. The van der Waals surface area contributed by atoms with Gasteiger partial charge >= 0.3 is 0 Å². The lowest BCUT2D eigenvalue weighted by atomic mass is 9.82. The zero-order chi connectivity index (χ0) is 12.5. The topological polar surface area (TPSA) is 0 Å². The average molecular weight is 250 g/mol. The van der Waals surface area contributed by atoms with Crippen LogP contribution in [-0.4, -0.2) is 0 Å². The molecule has 0 bridgehead atoms. The number of hydrogen-bond donors (Lipinski definition) is 0. The van der Waals surface area contributed by atoms with Crippen molar-refractivity contribution in [2.45, 2.75) is 34.1 Å². The molecule has 4 rings (SSSR count). The molecule has 98 valence electrons. The van der Waals surface area contributed by atoms with E-state index in [2.05, 4.69) is 48.6 Å². The van der Waals surface area contributed by atoms with E-state index < -0.39 is 0 Å². The van der Waals surface area contributed by atoms with Crippen LogP contribution in [0.15, 0.2) is 42.5 Å². The Hall–Kier alpha value is -1.82. The summed E-state index contributed by atoms with van der Waals surface area (Å²) in [6.45, 7) is 4.00. The molecular weight excluding hydrogens is 228 g/mol. The smallest absolute Gasteiger partial charge is 0.00674 e. The summed E-state index contributed by atoms with van der Waals surface area (Å²) in [6, 6.07) is 11.1. The second-order valence-corrected chi connectivity index (χ2v) is 4.59. The lowest BCUT2D eigenvalue weighted by Crippen LogP contribution is -2.02. The van der Waals surface area contributed by atoms with Gasteiger partial charge in [-0.3, -0.25) is 0 Å². The van der Waals surface area contributed by atoms with Crippen LogP contribution in [0.2, 0.25) is 0 Å². The summed E-state index contributed by atoms with van der Waals surface area (Å²) in [5, 5.41) is 2.87. The van der Waals surface area contributed by atoms with E-state index in [4.69, 9.17) is 0 Å². The molecule has 2 aromatic carbocycles. The van der Waals surface area contributed by atoms with Gasteiger partial charge in [-0.25, -0.2) is 0 Å². The van der Waals surface area contributed by atoms with Crippen molar-refractivity contribution in [2.24, 2.45) is 0 Å². The molecule has 0 N–H and O–H groups in total. The SMILES string of the molecule is C.C1=Cc2ccc3cccc4c3c2C(=CC4)C1.CC. The van der Waals surface area contributed by atoms with Gasteiger partial charge in [0.1, 0.15) is 0 Å². The minimum absolute atomic E-state index is 0. The third kappa shape index (κ3) is 2.02. The quantitative estimate of drug-likeness (QED) is 0.549. The monoisotopic (exact) mass is 250 g/mol. The van der Waals surface area contributed by atoms with E-state index in [0.717, 1.165) is 12.8 Å². The van der Waals surface area contributed by atoms with Crippen molar-refractivity contribution >= 4 is 22.4 Å². The van der Waals surface area contributed by atoms with Crippen LogP contribution in [0, 0.1) is 0 Å². The van der Waals surface area contributed by atoms with Crippen LogP contribution in [-0.2, 0) is 6.42 Å². The maximum Gasteiger partial charge on any atom is -0.00674 e. The number of benzene rings is 2. The summed E-state index contributed by atoms with van der Waals surface area (Å²) < 4.78 is 0. The second kappa shape index (κ2) is 5.44. The Morgan fingerprint density at radius 1 is 0.947 bits per heavy atom. The first-order chi connectivity index (χ1) is 8.93. The Balaban J connectivity index is 0.000000426. The molecule has 0 spiro atoms. The number of rotatable bonds is 0. The highest BCUT2D eigenvalue weighted by Crippen LogP contribution is 2.39. The van der Waals surface area contributed by atoms with Crippen molar-refractivity contribution < 1.29 is 0 Å². The van der Waals surface area contributed by atoms with E-state index in [9.17, 15) is 0 Å². The van der Waals surface area contributed by atoms with Gasteiger partial charge in [-0.15, -0.1) is 0 Å². The first-order valence-corrected chi connectivity index (χ1v) is 6.84. The maximum absolute atomic E-state index is 2.39. The molecular formula is C19H22. The van der Waals surface area contributed by atoms with Gasteiger partial charge in [0.2, 0.25) is 0 Å². The highest BCUT2D eigenvalue weighted by molar-refractivity contribution is 6.02. The summed E-state index contributed by atoms with van der Waals surface area (Å²) in [7, 11) is 0. The van der Waals surface area contributed by atoms with Crippen LogP contribution in [0.3, 0.4) is 0 Å². The minimum atomic E-state index is 0. The Morgan fingerprint density at radius 2 is 1.79 bits per heavy atom. The molecule has 2 aromatic rings. The van der Waals surface area contributed by atoms with Crippen molar-refractivity contribution in [3.05, 3.63) is 59.2 Å². The van der Waals surface area contributed by atoms with Gasteiger partial charge in [-0.05, 0) is 45.9 Å². The second-order valence-electron chi connectivity index (χ2n) is 4.59. The fraction of sp³-hybridized carbons (Fsp3) is 0.263. The summed E-state index contributed by atoms with van der Waals surface area (Å²) in [6.07, 6.45) is 9.11. The summed E-state index contributed by atoms with van der Waals surface area (Å²) in [5.74, 6) is 0. The molecule has 0 aromatic heterocycles. The standard InChI is InChI=1S/C16H12.C2H6.CH4/c1-3-11-7-9-13-5-2-6-14-10-8-12(4-1)15(11)16(13)14;1-2;/h1-5,7,9-10H,6,8H2;1-2H3;1H4. The molecule has 0 heterocycles. The van der Waals surface area contributed by atoms with Gasteiger partial charge in [0.25, 0.3) is 0 Å². The fourth-order valence-electron chi connectivity index (χ4n) is 2.96. The molecule has 0 nitrogen and oxygen atoms in total. The van der Waals surface area contributed by atoms with Gasteiger partial charge < -0.3 is 0 Å². The van der Waals surface area contributed by atoms with E-state index in [0.29, 0.717) is 0 Å². The van der Waals surface area contributed by atoms with Gasteiger partial charge in [-0.1, -0.05) is 69.8 Å². The summed E-state index contributed by atoms with van der Waals surface area (Å²) in [4.78, 5) is 0. The molecule has 0 heteroatoms. The Labute approximate surface area is 116 Å². The largest absolute Gasteiger partial charge is 0.0795 e. The number of allylic oxidation sites excluding steroid dienone is 3. The molecule has 0 amide bonds. The van der Waals surface area contributed by atoms with Crippen molar-refractivity contribution in [2.75, 3.05) is 0 Å². The maximum atomic E-state index is 2.39. The Bertz CT molecular complexity index is 657. The van der Waals surface area contributed by atoms with Crippen molar-refractivity contribution in [1.29, 1.82) is 0 Å². The lowest BCUT2D eigenvalue weighted by molar-refractivity contribution is 1.23. The number of hydrogen-bond acceptors (Lipinski definition) is 0. The molecule has 0 atom stereocenters. The van der Waals surface area contributed by atoms with Crippen LogP contribution in [0.1, 0.15) is 44.4 Å². The average Bonchev–Trinajstić information content (AvgIpc) is 2.47. The van der Waals surface area contributed by atoms with Crippen LogP contribution in [0.4, 0.5) is 0 Å². The Morgan fingerprint density at radius 3 is 2.63 bits per heavy atom. The molecule has 0 unspecified atom stereocenters. The molecule has 2 aliphatic rings. The molecule has 0 radical (unpaired) electrons. The third-order valence-corrected chi connectivity index (χ3v) is 3.69. The van der Waals surface area contributed by atoms with Gasteiger partial charge in [0.05, 0.1) is 0 Å². The summed E-state index contributed by atoms with van der Waals surface area (Å²) >= 11 is 0. The molecule has 0 saturated heterocycles. The van der Waals surface area contributed by atoms with Crippen molar-refractivity contribution in [1.82, 2.24) is 0 Å². The molecule has 0 saturated carbocycles.